The average molecular weight is 358 g/mol. The van der Waals surface area contributed by atoms with Crippen LogP contribution < -0.4 is 4.90 Å². The molecule has 0 radical (unpaired) electrons. The second-order valence-electron chi connectivity index (χ2n) is 6.21. The smallest absolute Gasteiger partial charge is 0.341 e. The van der Waals surface area contributed by atoms with Gasteiger partial charge >= 0.3 is 5.76 Å². The van der Waals surface area contributed by atoms with E-state index in [0.717, 1.165) is 12.8 Å². The van der Waals surface area contributed by atoms with Crippen molar-refractivity contribution in [1.82, 2.24) is 4.90 Å². The van der Waals surface area contributed by atoms with E-state index in [-0.39, 0.29) is 16.7 Å². The second-order valence-corrected chi connectivity index (χ2v) is 8.10. The van der Waals surface area contributed by atoms with Crippen LogP contribution in [-0.4, -0.2) is 51.2 Å². The van der Waals surface area contributed by atoms with E-state index in [2.05, 4.69) is 0 Å². The van der Waals surface area contributed by atoms with Crippen molar-refractivity contribution in [3.8, 4) is 0 Å². The molecule has 2 fully saturated rings. The summed E-state index contributed by atoms with van der Waals surface area (Å²) in [6.45, 7) is 2.08. The van der Waals surface area contributed by atoms with E-state index in [1.54, 1.807) is 17.0 Å². The normalized spacial score (nSPS) is 19.5. The van der Waals surface area contributed by atoms with Crippen molar-refractivity contribution in [3.05, 3.63) is 24.3 Å². The first-order valence-electron chi connectivity index (χ1n) is 8.06. The number of carbonyl (C=O) groups is 1. The number of para-hydroxylation sites is 1. The van der Waals surface area contributed by atoms with Gasteiger partial charge in [0.1, 0.15) is 0 Å². The molecule has 0 spiro atoms. The second kappa shape index (κ2) is 6.66. The molecular formula is C16H20F2N2O3S. The van der Waals surface area contributed by atoms with Gasteiger partial charge in [-0.25, -0.2) is 8.42 Å². The van der Waals surface area contributed by atoms with Gasteiger partial charge in [-0.15, -0.1) is 0 Å². The third-order valence-electron chi connectivity index (χ3n) is 4.48. The zero-order valence-electron chi connectivity index (χ0n) is 13.2. The fourth-order valence-corrected chi connectivity index (χ4v) is 3.97. The number of hydrogen-bond acceptors (Lipinski definition) is 4. The first-order valence-corrected chi connectivity index (χ1v) is 9.60. The van der Waals surface area contributed by atoms with E-state index in [1.165, 1.54) is 12.1 Å². The monoisotopic (exact) mass is 358 g/mol. The van der Waals surface area contributed by atoms with Crippen LogP contribution >= 0.6 is 0 Å². The molecule has 1 amide bonds. The maximum atomic E-state index is 12.9. The number of amides is 1. The fraction of sp³-hybridized carbons (Fsp3) is 0.562. The topological polar surface area (TPSA) is 57.7 Å². The first kappa shape index (κ1) is 17.1. The van der Waals surface area contributed by atoms with Gasteiger partial charge in [0.2, 0.25) is 15.7 Å². The summed E-state index contributed by atoms with van der Waals surface area (Å²) in [4.78, 5) is 15.4. The standard InChI is InChI=1S/C16H20F2N2O3S/c17-16(18)24(22,23)14-5-2-1-4-13(14)19-8-3-9-20(11-10-19)15(21)12-6-7-12/h1-2,4-5,12,16H,3,6-11H2. The van der Waals surface area contributed by atoms with Gasteiger partial charge in [0.25, 0.3) is 0 Å². The van der Waals surface area contributed by atoms with Crippen LogP contribution in [0, 0.1) is 5.92 Å². The Bertz CT molecular complexity index is 720. The van der Waals surface area contributed by atoms with Crippen molar-refractivity contribution in [1.29, 1.82) is 0 Å². The number of halogens is 2. The molecule has 2 aliphatic rings. The van der Waals surface area contributed by atoms with Gasteiger partial charge in [0.05, 0.1) is 10.6 Å². The van der Waals surface area contributed by atoms with E-state index in [4.69, 9.17) is 0 Å². The summed E-state index contributed by atoms with van der Waals surface area (Å²) in [5.74, 6) is -3.15. The van der Waals surface area contributed by atoms with Gasteiger partial charge in [0.15, 0.2) is 0 Å². The lowest BCUT2D eigenvalue weighted by Gasteiger charge is -2.25. The van der Waals surface area contributed by atoms with Crippen LogP contribution in [0.25, 0.3) is 0 Å². The summed E-state index contributed by atoms with van der Waals surface area (Å²) in [5.41, 5.74) is 0.290. The molecule has 3 rings (SSSR count). The molecule has 1 saturated carbocycles. The molecule has 24 heavy (non-hydrogen) atoms. The number of benzene rings is 1. The van der Waals surface area contributed by atoms with E-state index in [1.807, 2.05) is 4.90 Å². The quantitative estimate of drug-likeness (QED) is 0.827. The number of nitrogens with zero attached hydrogens (tertiary/aromatic N) is 2. The van der Waals surface area contributed by atoms with Gasteiger partial charge in [0, 0.05) is 32.1 Å². The highest BCUT2D eigenvalue weighted by molar-refractivity contribution is 7.91. The lowest BCUT2D eigenvalue weighted by molar-refractivity contribution is -0.132. The molecule has 1 aliphatic carbocycles. The Balaban J connectivity index is 1.81. The van der Waals surface area contributed by atoms with Crippen LogP contribution in [0.1, 0.15) is 19.3 Å². The molecule has 0 atom stereocenters. The highest BCUT2D eigenvalue weighted by Crippen LogP contribution is 2.32. The van der Waals surface area contributed by atoms with Crippen LogP contribution in [0.15, 0.2) is 29.2 Å². The molecule has 1 aromatic rings. The molecular weight excluding hydrogens is 338 g/mol. The zero-order valence-corrected chi connectivity index (χ0v) is 14.0. The maximum Gasteiger partial charge on any atom is 0.341 e. The third-order valence-corrected chi connectivity index (χ3v) is 5.91. The molecule has 0 unspecified atom stereocenters. The Morgan fingerprint density at radius 2 is 1.79 bits per heavy atom. The number of carbonyl (C=O) groups excluding carboxylic acids is 1. The number of alkyl halides is 2. The summed E-state index contributed by atoms with van der Waals surface area (Å²) >= 11 is 0. The Kier molecular flexibility index (Phi) is 4.76. The van der Waals surface area contributed by atoms with E-state index < -0.39 is 15.6 Å². The Hall–Kier alpha value is -1.70. The van der Waals surface area contributed by atoms with E-state index in [9.17, 15) is 22.0 Å². The molecule has 0 bridgehead atoms. The maximum absolute atomic E-state index is 12.9. The summed E-state index contributed by atoms with van der Waals surface area (Å²) in [7, 11) is -4.66. The van der Waals surface area contributed by atoms with Crippen LogP contribution in [-0.2, 0) is 14.6 Å². The van der Waals surface area contributed by atoms with Gasteiger partial charge < -0.3 is 9.80 Å². The van der Waals surface area contributed by atoms with E-state index in [0.29, 0.717) is 38.3 Å². The van der Waals surface area contributed by atoms with Crippen LogP contribution in [0.5, 0.6) is 0 Å². The van der Waals surface area contributed by atoms with E-state index >= 15 is 0 Å². The Morgan fingerprint density at radius 1 is 1.08 bits per heavy atom. The summed E-state index contributed by atoms with van der Waals surface area (Å²) < 4.78 is 49.7. The Morgan fingerprint density at radius 3 is 2.46 bits per heavy atom. The van der Waals surface area contributed by atoms with Crippen molar-refractivity contribution in [3.63, 3.8) is 0 Å². The predicted molar refractivity (Wildman–Crippen MR) is 85.8 cm³/mol. The lowest BCUT2D eigenvalue weighted by atomic mass is 10.2. The minimum Gasteiger partial charge on any atom is -0.369 e. The Labute approximate surface area is 140 Å². The minimum atomic E-state index is -4.66. The van der Waals surface area contributed by atoms with Gasteiger partial charge in [-0.3, -0.25) is 4.79 Å². The molecule has 1 aromatic carbocycles. The van der Waals surface area contributed by atoms with Crippen molar-refractivity contribution in [2.24, 2.45) is 5.92 Å². The summed E-state index contributed by atoms with van der Waals surface area (Å²) in [6.07, 6.45) is 2.56. The van der Waals surface area contributed by atoms with Gasteiger partial charge in [-0.1, -0.05) is 12.1 Å². The highest BCUT2D eigenvalue weighted by Gasteiger charge is 2.35. The SMILES string of the molecule is O=C(C1CC1)N1CCCN(c2ccccc2S(=O)(=O)C(F)F)CC1. The zero-order chi connectivity index (χ0) is 17.3. The van der Waals surface area contributed by atoms with Crippen molar-refractivity contribution in [2.75, 3.05) is 31.1 Å². The molecule has 1 aliphatic heterocycles. The molecule has 1 heterocycles. The van der Waals surface area contributed by atoms with Gasteiger partial charge in [-0.2, -0.15) is 8.78 Å². The highest BCUT2D eigenvalue weighted by atomic mass is 32.2. The minimum absolute atomic E-state index is 0.142. The average Bonchev–Trinajstić information content (AvgIpc) is 3.40. The molecule has 0 aromatic heterocycles. The number of anilines is 1. The largest absolute Gasteiger partial charge is 0.369 e. The predicted octanol–water partition coefficient (Wildman–Crippen LogP) is 2.13. The van der Waals surface area contributed by atoms with Crippen molar-refractivity contribution in [2.45, 2.75) is 29.9 Å². The summed E-state index contributed by atoms with van der Waals surface area (Å²) in [5, 5.41) is 0. The molecule has 1 saturated heterocycles. The number of rotatable bonds is 4. The fourth-order valence-electron chi connectivity index (χ4n) is 3.02. The van der Waals surface area contributed by atoms with Crippen LogP contribution in [0.3, 0.4) is 0 Å². The summed E-state index contributed by atoms with van der Waals surface area (Å²) in [6, 6.07) is 5.85. The van der Waals surface area contributed by atoms with Crippen LogP contribution in [0.4, 0.5) is 14.5 Å². The number of sulfone groups is 1. The van der Waals surface area contributed by atoms with Gasteiger partial charge in [-0.05, 0) is 31.4 Å². The molecule has 5 nitrogen and oxygen atoms in total. The molecule has 0 N–H and O–H groups in total. The number of hydrogen-bond donors (Lipinski definition) is 0. The van der Waals surface area contributed by atoms with Crippen LogP contribution in [0.2, 0.25) is 0 Å². The lowest BCUT2D eigenvalue weighted by Crippen LogP contribution is -2.36. The van der Waals surface area contributed by atoms with Crippen molar-refractivity contribution >= 4 is 21.4 Å². The first-order chi connectivity index (χ1) is 11.4. The third kappa shape index (κ3) is 3.38. The van der Waals surface area contributed by atoms with Crippen molar-refractivity contribution < 1.29 is 22.0 Å². The molecule has 132 valence electrons. The molecule has 8 heteroatoms.